The summed E-state index contributed by atoms with van der Waals surface area (Å²) in [6.07, 6.45) is -1.12. The van der Waals surface area contributed by atoms with Crippen LogP contribution in [0.1, 0.15) is 18.6 Å². The van der Waals surface area contributed by atoms with E-state index in [0.29, 0.717) is 12.1 Å². The lowest BCUT2D eigenvalue weighted by Gasteiger charge is -2.15. The fourth-order valence-electron chi connectivity index (χ4n) is 1.17. The molecule has 2 atom stereocenters. The van der Waals surface area contributed by atoms with E-state index in [9.17, 15) is 9.90 Å². The van der Waals surface area contributed by atoms with Gasteiger partial charge in [0.05, 0.1) is 0 Å². The van der Waals surface area contributed by atoms with Crippen molar-refractivity contribution in [3.63, 3.8) is 0 Å². The zero-order valence-electron chi connectivity index (χ0n) is 8.68. The van der Waals surface area contributed by atoms with Crippen molar-refractivity contribution in [3.05, 3.63) is 35.9 Å². The summed E-state index contributed by atoms with van der Waals surface area (Å²) >= 11 is 0. The SMILES string of the molecule is C[C@H](CN)NC(=O)C(O)c1ccccc1. The summed E-state index contributed by atoms with van der Waals surface area (Å²) < 4.78 is 0. The molecule has 1 aromatic carbocycles. The molecule has 0 aliphatic heterocycles. The van der Waals surface area contributed by atoms with Crippen LogP contribution in [0.3, 0.4) is 0 Å². The van der Waals surface area contributed by atoms with E-state index in [-0.39, 0.29) is 6.04 Å². The topological polar surface area (TPSA) is 75.3 Å². The summed E-state index contributed by atoms with van der Waals surface area (Å²) in [4.78, 5) is 11.5. The zero-order valence-corrected chi connectivity index (χ0v) is 8.68. The molecular weight excluding hydrogens is 192 g/mol. The van der Waals surface area contributed by atoms with Gasteiger partial charge in [-0.1, -0.05) is 30.3 Å². The van der Waals surface area contributed by atoms with Crippen molar-refractivity contribution in [1.29, 1.82) is 0 Å². The van der Waals surface area contributed by atoms with Crippen LogP contribution in [0.15, 0.2) is 30.3 Å². The average molecular weight is 208 g/mol. The van der Waals surface area contributed by atoms with Crippen LogP contribution < -0.4 is 11.1 Å². The Kier molecular flexibility index (Phi) is 4.27. The molecule has 0 saturated heterocycles. The van der Waals surface area contributed by atoms with E-state index in [4.69, 9.17) is 5.73 Å². The highest BCUT2D eigenvalue weighted by molar-refractivity contribution is 5.82. The number of benzene rings is 1. The van der Waals surface area contributed by atoms with Gasteiger partial charge in [0.1, 0.15) is 0 Å². The molecule has 15 heavy (non-hydrogen) atoms. The Hall–Kier alpha value is -1.39. The molecule has 0 aromatic heterocycles. The number of amides is 1. The van der Waals surface area contributed by atoms with Gasteiger partial charge in [0.2, 0.25) is 0 Å². The third-order valence-corrected chi connectivity index (χ3v) is 2.11. The van der Waals surface area contributed by atoms with Crippen LogP contribution in [0, 0.1) is 0 Å². The molecule has 1 amide bonds. The van der Waals surface area contributed by atoms with Crippen molar-refractivity contribution in [1.82, 2.24) is 5.32 Å². The van der Waals surface area contributed by atoms with E-state index in [1.54, 1.807) is 31.2 Å². The van der Waals surface area contributed by atoms with Gasteiger partial charge >= 0.3 is 0 Å². The van der Waals surface area contributed by atoms with Crippen LogP contribution in [0.5, 0.6) is 0 Å². The number of hydrogen-bond acceptors (Lipinski definition) is 3. The number of aliphatic hydroxyl groups excluding tert-OH is 1. The van der Waals surface area contributed by atoms with Crippen LogP contribution in [0.25, 0.3) is 0 Å². The fourth-order valence-corrected chi connectivity index (χ4v) is 1.17. The molecule has 0 saturated carbocycles. The van der Waals surface area contributed by atoms with E-state index in [0.717, 1.165) is 0 Å². The normalized spacial score (nSPS) is 14.3. The van der Waals surface area contributed by atoms with Crippen molar-refractivity contribution >= 4 is 5.91 Å². The number of rotatable bonds is 4. The molecule has 4 N–H and O–H groups in total. The number of carbonyl (C=O) groups is 1. The predicted molar refractivity (Wildman–Crippen MR) is 58.1 cm³/mol. The molecule has 0 heterocycles. The maximum atomic E-state index is 11.5. The predicted octanol–water partition coefficient (Wildman–Crippen LogP) is 0.183. The maximum absolute atomic E-state index is 11.5. The third-order valence-electron chi connectivity index (χ3n) is 2.11. The summed E-state index contributed by atoms with van der Waals surface area (Å²) in [6, 6.07) is 8.66. The minimum absolute atomic E-state index is 0.129. The largest absolute Gasteiger partial charge is 0.378 e. The summed E-state index contributed by atoms with van der Waals surface area (Å²) in [7, 11) is 0. The van der Waals surface area contributed by atoms with Crippen LogP contribution in [0.2, 0.25) is 0 Å². The van der Waals surface area contributed by atoms with Crippen LogP contribution >= 0.6 is 0 Å². The van der Waals surface area contributed by atoms with Gasteiger partial charge in [0.25, 0.3) is 5.91 Å². The zero-order chi connectivity index (χ0) is 11.3. The van der Waals surface area contributed by atoms with Gasteiger partial charge in [0, 0.05) is 12.6 Å². The van der Waals surface area contributed by atoms with Crippen molar-refractivity contribution in [3.8, 4) is 0 Å². The number of nitrogens with one attached hydrogen (secondary N) is 1. The molecule has 0 bridgehead atoms. The van der Waals surface area contributed by atoms with Gasteiger partial charge in [0.15, 0.2) is 6.10 Å². The molecule has 1 unspecified atom stereocenters. The lowest BCUT2D eigenvalue weighted by Crippen LogP contribution is -2.40. The Morgan fingerprint density at radius 1 is 1.47 bits per heavy atom. The highest BCUT2D eigenvalue weighted by atomic mass is 16.3. The summed E-state index contributed by atoms with van der Waals surface area (Å²) in [5, 5.41) is 12.3. The monoisotopic (exact) mass is 208 g/mol. The summed E-state index contributed by atoms with van der Waals surface area (Å²) in [5.74, 6) is -0.417. The highest BCUT2D eigenvalue weighted by Crippen LogP contribution is 2.11. The van der Waals surface area contributed by atoms with Crippen molar-refractivity contribution in [2.75, 3.05) is 6.54 Å². The number of aliphatic hydroxyl groups is 1. The van der Waals surface area contributed by atoms with E-state index in [1.165, 1.54) is 0 Å². The second-order valence-corrected chi connectivity index (χ2v) is 3.46. The first kappa shape index (κ1) is 11.7. The van der Waals surface area contributed by atoms with Gasteiger partial charge in [-0.2, -0.15) is 0 Å². The Morgan fingerprint density at radius 2 is 2.07 bits per heavy atom. The molecule has 0 radical (unpaired) electrons. The van der Waals surface area contributed by atoms with E-state index in [2.05, 4.69) is 5.32 Å². The first-order valence-electron chi connectivity index (χ1n) is 4.88. The smallest absolute Gasteiger partial charge is 0.253 e. The minimum atomic E-state index is -1.12. The quantitative estimate of drug-likeness (QED) is 0.661. The molecule has 1 aromatic rings. The second-order valence-electron chi connectivity index (χ2n) is 3.46. The average Bonchev–Trinajstić information content (AvgIpc) is 2.29. The molecular formula is C11H16N2O2. The maximum Gasteiger partial charge on any atom is 0.253 e. The second kappa shape index (κ2) is 5.48. The molecule has 4 heteroatoms. The van der Waals surface area contributed by atoms with Gasteiger partial charge in [-0.3, -0.25) is 4.79 Å². The van der Waals surface area contributed by atoms with Crippen molar-refractivity contribution < 1.29 is 9.90 Å². The van der Waals surface area contributed by atoms with Gasteiger partial charge < -0.3 is 16.2 Å². The Bertz CT molecular complexity index is 314. The fraction of sp³-hybridized carbons (Fsp3) is 0.364. The molecule has 0 spiro atoms. The van der Waals surface area contributed by atoms with Crippen molar-refractivity contribution in [2.45, 2.75) is 19.1 Å². The van der Waals surface area contributed by atoms with Gasteiger partial charge in [-0.25, -0.2) is 0 Å². The Balaban J connectivity index is 2.61. The first-order chi connectivity index (χ1) is 7.15. The van der Waals surface area contributed by atoms with E-state index >= 15 is 0 Å². The molecule has 1 rings (SSSR count). The first-order valence-corrected chi connectivity index (χ1v) is 4.88. The Labute approximate surface area is 89.1 Å². The number of hydrogen-bond donors (Lipinski definition) is 3. The lowest BCUT2D eigenvalue weighted by atomic mass is 10.1. The van der Waals surface area contributed by atoms with Crippen molar-refractivity contribution in [2.24, 2.45) is 5.73 Å². The Morgan fingerprint density at radius 3 is 2.60 bits per heavy atom. The molecule has 0 aliphatic rings. The molecule has 0 aliphatic carbocycles. The molecule has 4 nitrogen and oxygen atoms in total. The lowest BCUT2D eigenvalue weighted by molar-refractivity contribution is -0.130. The van der Waals surface area contributed by atoms with E-state index < -0.39 is 12.0 Å². The summed E-state index contributed by atoms with van der Waals surface area (Å²) in [5.41, 5.74) is 5.95. The minimum Gasteiger partial charge on any atom is -0.378 e. The number of carbonyl (C=O) groups excluding carboxylic acids is 1. The van der Waals surface area contributed by atoms with Crippen LogP contribution in [0.4, 0.5) is 0 Å². The third kappa shape index (κ3) is 3.34. The number of nitrogens with two attached hydrogens (primary N) is 1. The highest BCUT2D eigenvalue weighted by Gasteiger charge is 2.17. The van der Waals surface area contributed by atoms with Gasteiger partial charge in [-0.15, -0.1) is 0 Å². The van der Waals surface area contributed by atoms with Crippen LogP contribution in [-0.2, 0) is 4.79 Å². The molecule has 82 valence electrons. The molecule has 0 fully saturated rings. The standard InChI is InChI=1S/C11H16N2O2/c1-8(7-12)13-11(15)10(14)9-5-3-2-4-6-9/h2-6,8,10,14H,7,12H2,1H3,(H,13,15)/t8-,10?/m1/s1. The van der Waals surface area contributed by atoms with E-state index in [1.807, 2.05) is 6.07 Å². The van der Waals surface area contributed by atoms with Gasteiger partial charge in [-0.05, 0) is 12.5 Å². The summed E-state index contributed by atoms with van der Waals surface area (Å²) in [6.45, 7) is 2.14. The van der Waals surface area contributed by atoms with Crippen LogP contribution in [-0.4, -0.2) is 23.6 Å².